The van der Waals surface area contributed by atoms with Gasteiger partial charge in [0.25, 0.3) is 0 Å². The van der Waals surface area contributed by atoms with Crippen LogP contribution in [0.4, 0.5) is 0 Å². The van der Waals surface area contributed by atoms with Gasteiger partial charge in [0.2, 0.25) is 17.7 Å². The van der Waals surface area contributed by atoms with Crippen LogP contribution in [0.1, 0.15) is 135 Å². The molecule has 0 heterocycles. The van der Waals surface area contributed by atoms with Gasteiger partial charge in [-0.3, -0.25) is 29.1 Å². The fourth-order valence-electron chi connectivity index (χ4n) is 5.25. The van der Waals surface area contributed by atoms with Crippen molar-refractivity contribution in [2.45, 2.75) is 147 Å². The third-order valence-electron chi connectivity index (χ3n) is 8.25. The van der Waals surface area contributed by atoms with Gasteiger partial charge in [-0.25, -0.2) is 4.79 Å². The number of nitrogens with one attached hydrogen (secondary N) is 4. The highest BCUT2D eigenvalue weighted by molar-refractivity contribution is 7.13. The Hall–Kier alpha value is -2.87. The number of carbonyl (C=O) groups is 6. The lowest BCUT2D eigenvalue weighted by Crippen LogP contribution is -2.41. The number of carboxylic acids is 3. The molecule has 0 saturated carbocycles. The number of hydrogen-bond donors (Lipinski definition) is 7. The van der Waals surface area contributed by atoms with Crippen LogP contribution < -0.4 is 21.0 Å². The Labute approximate surface area is 305 Å². The smallest absolute Gasteiger partial charge is 0.326 e. The monoisotopic (exact) mass is 748 g/mol. The first-order valence-electron chi connectivity index (χ1n) is 18.7. The van der Waals surface area contributed by atoms with E-state index in [9.17, 15) is 33.9 Å². The van der Waals surface area contributed by atoms with E-state index in [1.807, 2.05) is 0 Å². The molecule has 0 spiro atoms. The SMILES string of the molecule is O=C(O)CCCCCCCCCCCCCCCCC(=O)N[C@@H](CCC(=O)NCCOCCOCC(=O)NCCCC[C@H](NP)C(=O)O)C(=O)O. The van der Waals surface area contributed by atoms with E-state index in [2.05, 4.69) is 30.4 Å². The average molecular weight is 749 g/mol. The number of amides is 3. The highest BCUT2D eigenvalue weighted by Gasteiger charge is 2.21. The molecule has 3 amide bonds. The van der Waals surface area contributed by atoms with Gasteiger partial charge in [-0.15, -0.1) is 0 Å². The zero-order valence-electron chi connectivity index (χ0n) is 30.4. The van der Waals surface area contributed by atoms with Crippen molar-refractivity contribution in [2.75, 3.05) is 39.5 Å². The van der Waals surface area contributed by atoms with Gasteiger partial charge < -0.3 is 40.7 Å². The topological polar surface area (TPSA) is 230 Å². The van der Waals surface area contributed by atoms with E-state index in [1.165, 1.54) is 44.9 Å². The molecule has 0 rings (SSSR count). The molecule has 0 aromatic rings. The molecule has 0 aromatic heterocycles. The molecule has 0 aliphatic carbocycles. The maximum absolute atomic E-state index is 12.3. The molecule has 15 nitrogen and oxygen atoms in total. The van der Waals surface area contributed by atoms with Gasteiger partial charge in [0.1, 0.15) is 18.7 Å². The summed E-state index contributed by atoms with van der Waals surface area (Å²) in [6, 6.07) is -1.76. The summed E-state index contributed by atoms with van der Waals surface area (Å²) < 4.78 is 10.6. The van der Waals surface area contributed by atoms with Gasteiger partial charge in [-0.1, -0.05) is 86.4 Å². The molecule has 296 valence electrons. The zero-order chi connectivity index (χ0) is 38.0. The summed E-state index contributed by atoms with van der Waals surface area (Å²) in [6.07, 6.45) is 17.3. The third-order valence-corrected chi connectivity index (χ3v) is 8.65. The molecule has 0 aromatic carbocycles. The predicted octanol–water partition coefficient (Wildman–Crippen LogP) is 3.93. The lowest BCUT2D eigenvalue weighted by atomic mass is 10.0. The molecule has 0 radical (unpaired) electrons. The summed E-state index contributed by atoms with van der Waals surface area (Å²) in [5, 5.41) is 37.6. The van der Waals surface area contributed by atoms with Crippen molar-refractivity contribution < 1.29 is 53.6 Å². The Kier molecular flexibility index (Phi) is 32.3. The first kappa shape index (κ1) is 48.1. The van der Waals surface area contributed by atoms with Crippen molar-refractivity contribution in [2.24, 2.45) is 0 Å². The van der Waals surface area contributed by atoms with Crippen LogP contribution in [0.25, 0.3) is 0 Å². The van der Waals surface area contributed by atoms with E-state index in [4.69, 9.17) is 19.7 Å². The first-order valence-corrected chi connectivity index (χ1v) is 19.3. The highest BCUT2D eigenvalue weighted by Crippen LogP contribution is 2.14. The van der Waals surface area contributed by atoms with E-state index in [0.29, 0.717) is 32.2 Å². The number of carbonyl (C=O) groups excluding carboxylic acids is 3. The van der Waals surface area contributed by atoms with Crippen molar-refractivity contribution in [3.8, 4) is 0 Å². The van der Waals surface area contributed by atoms with Crippen LogP contribution in [0.2, 0.25) is 0 Å². The zero-order valence-corrected chi connectivity index (χ0v) is 31.6. The maximum Gasteiger partial charge on any atom is 0.326 e. The third kappa shape index (κ3) is 32.8. The second kappa shape index (κ2) is 34.2. The van der Waals surface area contributed by atoms with Crippen molar-refractivity contribution in [3.63, 3.8) is 0 Å². The van der Waals surface area contributed by atoms with E-state index in [-0.39, 0.29) is 76.4 Å². The van der Waals surface area contributed by atoms with Gasteiger partial charge >= 0.3 is 17.9 Å². The van der Waals surface area contributed by atoms with Crippen LogP contribution in [0, 0.1) is 0 Å². The molecule has 51 heavy (non-hydrogen) atoms. The minimum absolute atomic E-state index is 0.0194. The standard InChI is InChI=1S/C35H65N4O11P/c40-30(37-23-24-49-25-26-50-27-32(42)36-22-16-15-17-29(39-51)35(47)48)21-20-28(34(45)46)38-31(41)18-13-11-9-7-5-3-1-2-4-6-8-10-12-14-19-33(43)44/h28-29,39H,1-27,51H2,(H,36,42)(H,37,40)(H,38,41)(H,43,44)(H,45,46)(H,47,48)/t28-,29-/m0/s1. The Bertz CT molecular complexity index is 974. The second-order valence-corrected chi connectivity index (χ2v) is 13.1. The van der Waals surface area contributed by atoms with Crippen molar-refractivity contribution in [1.29, 1.82) is 0 Å². The number of ether oxygens (including phenoxy) is 2. The molecule has 0 aliphatic heterocycles. The minimum atomic E-state index is -1.18. The van der Waals surface area contributed by atoms with Crippen molar-refractivity contribution >= 4 is 45.0 Å². The Balaban J connectivity index is 3.71. The predicted molar refractivity (Wildman–Crippen MR) is 196 cm³/mol. The van der Waals surface area contributed by atoms with Crippen LogP contribution in [-0.4, -0.2) is 103 Å². The Morgan fingerprint density at radius 1 is 0.490 bits per heavy atom. The lowest BCUT2D eigenvalue weighted by molar-refractivity contribution is -0.142. The Morgan fingerprint density at radius 3 is 1.53 bits per heavy atom. The lowest BCUT2D eigenvalue weighted by Gasteiger charge is -2.14. The number of carboxylic acid groups (broad SMARTS) is 3. The van der Waals surface area contributed by atoms with Gasteiger partial charge in [0.15, 0.2) is 0 Å². The number of aliphatic carboxylic acids is 3. The normalized spacial score (nSPS) is 12.2. The van der Waals surface area contributed by atoms with Gasteiger partial charge in [0.05, 0.1) is 19.8 Å². The van der Waals surface area contributed by atoms with E-state index >= 15 is 0 Å². The fourth-order valence-corrected chi connectivity index (χ4v) is 5.56. The number of unbranched alkanes of at least 4 members (excludes halogenated alkanes) is 14. The Morgan fingerprint density at radius 2 is 1.00 bits per heavy atom. The molecule has 7 N–H and O–H groups in total. The first-order chi connectivity index (χ1) is 24.6. The summed E-state index contributed by atoms with van der Waals surface area (Å²) in [4.78, 5) is 69.2. The molecule has 16 heteroatoms. The summed E-state index contributed by atoms with van der Waals surface area (Å²) in [5.74, 6) is -3.76. The van der Waals surface area contributed by atoms with Crippen LogP contribution >= 0.6 is 9.39 Å². The quantitative estimate of drug-likeness (QED) is 0.0354. The molecule has 0 bridgehead atoms. The summed E-state index contributed by atoms with van der Waals surface area (Å²) in [7, 11) is 2.19. The molecule has 0 aliphatic rings. The van der Waals surface area contributed by atoms with Crippen molar-refractivity contribution in [1.82, 2.24) is 21.0 Å². The van der Waals surface area contributed by atoms with Gasteiger partial charge in [-0.2, -0.15) is 0 Å². The molecular weight excluding hydrogens is 683 g/mol. The van der Waals surface area contributed by atoms with E-state index in [1.54, 1.807) is 0 Å². The number of rotatable bonds is 37. The number of hydrogen-bond acceptors (Lipinski definition) is 9. The van der Waals surface area contributed by atoms with Crippen LogP contribution in [0.5, 0.6) is 0 Å². The van der Waals surface area contributed by atoms with Crippen LogP contribution in [-0.2, 0) is 38.2 Å². The minimum Gasteiger partial charge on any atom is -0.481 e. The van der Waals surface area contributed by atoms with Crippen LogP contribution in [0.3, 0.4) is 0 Å². The second-order valence-electron chi connectivity index (χ2n) is 12.8. The largest absolute Gasteiger partial charge is 0.481 e. The molecule has 0 fully saturated rings. The van der Waals surface area contributed by atoms with E-state index in [0.717, 1.165) is 38.5 Å². The van der Waals surface area contributed by atoms with Gasteiger partial charge in [-0.05, 0) is 38.5 Å². The molecule has 1 unspecified atom stereocenters. The molecular formula is C35H65N4O11P. The summed E-state index contributed by atoms with van der Waals surface area (Å²) >= 11 is 0. The molecule has 0 saturated heterocycles. The summed E-state index contributed by atoms with van der Waals surface area (Å²) in [6.45, 7) is 1.13. The van der Waals surface area contributed by atoms with Crippen molar-refractivity contribution in [3.05, 3.63) is 0 Å². The summed E-state index contributed by atoms with van der Waals surface area (Å²) in [5.41, 5.74) is 0. The highest BCUT2D eigenvalue weighted by atomic mass is 31.0. The van der Waals surface area contributed by atoms with Gasteiger partial charge in [0, 0.05) is 32.4 Å². The average Bonchev–Trinajstić information content (AvgIpc) is 3.08. The molecule has 3 atom stereocenters. The maximum atomic E-state index is 12.3. The fraction of sp³-hybridized carbons (Fsp3) is 0.829. The van der Waals surface area contributed by atoms with Crippen LogP contribution in [0.15, 0.2) is 0 Å². The van der Waals surface area contributed by atoms with E-state index < -0.39 is 30.0 Å².